The number of hydrogen-bond donors (Lipinski definition) is 1. The molecule has 0 fully saturated rings. The topological polar surface area (TPSA) is 38.9 Å². The summed E-state index contributed by atoms with van der Waals surface area (Å²) >= 11 is 3.43. The highest BCUT2D eigenvalue weighted by Gasteiger charge is 1.98. The molecule has 0 aliphatic heterocycles. The van der Waals surface area contributed by atoms with Gasteiger partial charge in [-0.1, -0.05) is 15.9 Å². The van der Waals surface area contributed by atoms with Crippen LogP contribution in [-0.2, 0) is 0 Å². The van der Waals surface area contributed by atoms with Crippen LogP contribution in [0.3, 0.4) is 0 Å². The molecule has 2 aromatic rings. The van der Waals surface area contributed by atoms with Gasteiger partial charge in [-0.05, 0) is 23.6 Å². The summed E-state index contributed by atoms with van der Waals surface area (Å²) in [6.07, 6.45) is 3.58. The summed E-state index contributed by atoms with van der Waals surface area (Å²) in [6.45, 7) is 0. The van der Waals surface area contributed by atoms with Crippen molar-refractivity contribution in [3.05, 3.63) is 35.1 Å². The Morgan fingerprint density at radius 2 is 2.17 bits per heavy atom. The summed E-state index contributed by atoms with van der Waals surface area (Å²) < 4.78 is 0.991. The van der Waals surface area contributed by atoms with Crippen molar-refractivity contribution >= 4 is 32.4 Å². The Kier molecular flexibility index (Phi) is 1.73. The number of benzene rings is 1. The highest BCUT2D eigenvalue weighted by Crippen LogP contribution is 2.25. The molecule has 2 N–H and O–H groups in total. The molecule has 3 heteroatoms. The molecule has 2 rings (SSSR count). The predicted octanol–water partition coefficient (Wildman–Crippen LogP) is 2.58. The van der Waals surface area contributed by atoms with Gasteiger partial charge in [0, 0.05) is 27.9 Å². The molecule has 1 heterocycles. The average molecular weight is 223 g/mol. The van der Waals surface area contributed by atoms with Gasteiger partial charge in [0.2, 0.25) is 0 Å². The van der Waals surface area contributed by atoms with E-state index in [9.17, 15) is 0 Å². The molecule has 0 aliphatic rings. The Labute approximate surface area is 78.5 Å². The third-order valence-corrected chi connectivity index (χ3v) is 2.38. The minimum absolute atomic E-state index is 0.764. The number of halogens is 1. The number of nitrogens with zero attached hydrogens (tertiary/aromatic N) is 1. The van der Waals surface area contributed by atoms with E-state index in [0.717, 1.165) is 20.9 Å². The molecule has 60 valence electrons. The van der Waals surface area contributed by atoms with E-state index in [1.807, 2.05) is 24.4 Å². The Balaban J connectivity index is 2.89. The van der Waals surface area contributed by atoms with Crippen LogP contribution in [0, 0.1) is 0 Å². The van der Waals surface area contributed by atoms with E-state index < -0.39 is 0 Å². The highest BCUT2D eigenvalue weighted by molar-refractivity contribution is 9.10. The largest absolute Gasteiger partial charge is 0.399 e. The van der Waals surface area contributed by atoms with Gasteiger partial charge in [-0.3, -0.25) is 4.98 Å². The SMILES string of the molecule is Nc1cc(Br)c2cnccc2c1. The molecule has 0 amide bonds. The molecule has 0 aliphatic carbocycles. The van der Waals surface area contributed by atoms with Crippen LogP contribution in [0.2, 0.25) is 0 Å². The second-order valence-electron chi connectivity index (χ2n) is 2.60. The number of anilines is 1. The molecular formula is C9H7BrN2. The first-order chi connectivity index (χ1) is 5.77. The number of nitrogen functional groups attached to an aromatic ring is 1. The lowest BCUT2D eigenvalue weighted by atomic mass is 10.2. The molecule has 0 saturated carbocycles. The van der Waals surface area contributed by atoms with E-state index in [-0.39, 0.29) is 0 Å². The Morgan fingerprint density at radius 3 is 3.00 bits per heavy atom. The Bertz CT molecular complexity index is 426. The summed E-state index contributed by atoms with van der Waals surface area (Å²) in [5, 5.41) is 2.20. The first-order valence-electron chi connectivity index (χ1n) is 3.56. The molecule has 2 nitrogen and oxygen atoms in total. The Hall–Kier alpha value is -1.09. The fraction of sp³-hybridized carbons (Fsp3) is 0. The summed E-state index contributed by atoms with van der Waals surface area (Å²) in [5.41, 5.74) is 6.44. The van der Waals surface area contributed by atoms with Crippen LogP contribution in [0.4, 0.5) is 5.69 Å². The monoisotopic (exact) mass is 222 g/mol. The van der Waals surface area contributed by atoms with Gasteiger partial charge in [0.05, 0.1) is 0 Å². The minimum Gasteiger partial charge on any atom is -0.399 e. The molecule has 0 atom stereocenters. The maximum Gasteiger partial charge on any atom is 0.0357 e. The van der Waals surface area contributed by atoms with Crippen molar-refractivity contribution in [1.29, 1.82) is 0 Å². The first-order valence-corrected chi connectivity index (χ1v) is 4.35. The van der Waals surface area contributed by atoms with Gasteiger partial charge in [-0.15, -0.1) is 0 Å². The molecule has 0 unspecified atom stereocenters. The molecule has 0 bridgehead atoms. The summed E-state index contributed by atoms with van der Waals surface area (Å²) in [6, 6.07) is 5.75. The van der Waals surface area contributed by atoms with Crippen molar-refractivity contribution in [3.8, 4) is 0 Å². The molecule has 1 aromatic carbocycles. The van der Waals surface area contributed by atoms with E-state index in [1.165, 1.54) is 0 Å². The maximum absolute atomic E-state index is 5.67. The second-order valence-corrected chi connectivity index (χ2v) is 3.45. The van der Waals surface area contributed by atoms with Crippen LogP contribution in [0.25, 0.3) is 10.8 Å². The fourth-order valence-electron chi connectivity index (χ4n) is 1.18. The van der Waals surface area contributed by atoms with Crippen LogP contribution < -0.4 is 5.73 Å². The van der Waals surface area contributed by atoms with Crippen molar-refractivity contribution in [3.63, 3.8) is 0 Å². The first kappa shape index (κ1) is 7.55. The van der Waals surface area contributed by atoms with Gasteiger partial charge in [0.15, 0.2) is 0 Å². The minimum atomic E-state index is 0.764. The van der Waals surface area contributed by atoms with Crippen molar-refractivity contribution < 1.29 is 0 Å². The van der Waals surface area contributed by atoms with Crippen LogP contribution in [0.5, 0.6) is 0 Å². The summed E-state index contributed by atoms with van der Waals surface area (Å²) in [7, 11) is 0. The Morgan fingerprint density at radius 1 is 1.33 bits per heavy atom. The van der Waals surface area contributed by atoms with E-state index >= 15 is 0 Å². The number of fused-ring (bicyclic) bond motifs is 1. The lowest BCUT2D eigenvalue weighted by Gasteiger charge is -2.00. The van der Waals surface area contributed by atoms with E-state index in [0.29, 0.717) is 0 Å². The number of aromatic nitrogens is 1. The molecule has 0 radical (unpaired) electrons. The van der Waals surface area contributed by atoms with Crippen molar-refractivity contribution in [2.24, 2.45) is 0 Å². The normalized spacial score (nSPS) is 10.4. The van der Waals surface area contributed by atoms with Crippen LogP contribution in [-0.4, -0.2) is 4.98 Å². The quantitative estimate of drug-likeness (QED) is 0.697. The smallest absolute Gasteiger partial charge is 0.0357 e. The molecule has 0 saturated heterocycles. The van der Waals surface area contributed by atoms with E-state index in [4.69, 9.17) is 5.73 Å². The van der Waals surface area contributed by atoms with Crippen LogP contribution >= 0.6 is 15.9 Å². The zero-order valence-corrected chi connectivity index (χ0v) is 7.88. The average Bonchev–Trinajstić information content (AvgIpc) is 2.04. The van der Waals surface area contributed by atoms with E-state index in [1.54, 1.807) is 6.20 Å². The van der Waals surface area contributed by atoms with Gasteiger partial charge >= 0.3 is 0 Å². The predicted molar refractivity (Wildman–Crippen MR) is 53.9 cm³/mol. The molecule has 1 aromatic heterocycles. The third-order valence-electron chi connectivity index (χ3n) is 1.73. The maximum atomic E-state index is 5.67. The van der Waals surface area contributed by atoms with Gasteiger partial charge < -0.3 is 5.73 Å². The fourth-order valence-corrected chi connectivity index (χ4v) is 1.77. The van der Waals surface area contributed by atoms with Crippen LogP contribution in [0.1, 0.15) is 0 Å². The third kappa shape index (κ3) is 1.16. The van der Waals surface area contributed by atoms with Crippen LogP contribution in [0.15, 0.2) is 35.1 Å². The zero-order chi connectivity index (χ0) is 8.55. The molecular weight excluding hydrogens is 216 g/mol. The zero-order valence-electron chi connectivity index (χ0n) is 6.29. The van der Waals surface area contributed by atoms with E-state index in [2.05, 4.69) is 20.9 Å². The van der Waals surface area contributed by atoms with Gasteiger partial charge in [0.1, 0.15) is 0 Å². The number of hydrogen-bond acceptors (Lipinski definition) is 2. The van der Waals surface area contributed by atoms with Crippen molar-refractivity contribution in [1.82, 2.24) is 4.98 Å². The van der Waals surface area contributed by atoms with Crippen molar-refractivity contribution in [2.75, 3.05) is 5.73 Å². The van der Waals surface area contributed by atoms with Crippen molar-refractivity contribution in [2.45, 2.75) is 0 Å². The summed E-state index contributed by atoms with van der Waals surface area (Å²) in [5.74, 6) is 0. The number of rotatable bonds is 0. The second kappa shape index (κ2) is 2.75. The van der Waals surface area contributed by atoms with Gasteiger partial charge in [-0.2, -0.15) is 0 Å². The molecule has 12 heavy (non-hydrogen) atoms. The molecule has 0 spiro atoms. The standard InChI is InChI=1S/C9H7BrN2/c10-9-4-7(11)3-6-1-2-12-5-8(6)9/h1-5H,11H2. The van der Waals surface area contributed by atoms with Gasteiger partial charge in [0.25, 0.3) is 0 Å². The summed E-state index contributed by atoms with van der Waals surface area (Å²) in [4.78, 5) is 4.03. The lowest BCUT2D eigenvalue weighted by Crippen LogP contribution is -1.85. The van der Waals surface area contributed by atoms with Gasteiger partial charge in [-0.25, -0.2) is 0 Å². The number of pyridine rings is 1. The lowest BCUT2D eigenvalue weighted by molar-refractivity contribution is 1.36. The highest BCUT2D eigenvalue weighted by atomic mass is 79.9. The number of nitrogens with two attached hydrogens (primary N) is 1.